The summed E-state index contributed by atoms with van der Waals surface area (Å²) < 4.78 is 0. The highest BCUT2D eigenvalue weighted by Gasteiger charge is 2.17. The molecule has 0 unspecified atom stereocenters. The van der Waals surface area contributed by atoms with Crippen LogP contribution in [-0.2, 0) is 0 Å². The monoisotopic (exact) mass is 281 g/mol. The Hall–Kier alpha value is -2.40. The molecule has 2 aromatic rings. The first-order valence-corrected chi connectivity index (χ1v) is 7.03. The summed E-state index contributed by atoms with van der Waals surface area (Å²) in [5, 5.41) is 6.20. The van der Waals surface area contributed by atoms with Gasteiger partial charge in [-0.2, -0.15) is 0 Å². The average Bonchev–Trinajstić information content (AvgIpc) is 2.57. The Morgan fingerprint density at radius 3 is 2.71 bits per heavy atom. The molecule has 2 N–H and O–H groups in total. The Balaban J connectivity index is 1.81. The minimum atomic E-state index is -0.0757. The van der Waals surface area contributed by atoms with Gasteiger partial charge < -0.3 is 15.5 Å². The predicted octanol–water partition coefficient (Wildman–Crippen LogP) is 1.99. The molecule has 0 atom stereocenters. The zero-order chi connectivity index (χ0) is 14.5. The van der Waals surface area contributed by atoms with Crippen molar-refractivity contribution < 1.29 is 4.79 Å². The molecule has 0 aliphatic carbocycles. The van der Waals surface area contributed by atoms with E-state index in [1.807, 2.05) is 35.2 Å². The second kappa shape index (κ2) is 6.37. The van der Waals surface area contributed by atoms with Crippen LogP contribution in [0.3, 0.4) is 0 Å². The number of benzene rings is 1. The van der Waals surface area contributed by atoms with Crippen molar-refractivity contribution in [1.82, 2.24) is 15.2 Å². The lowest BCUT2D eigenvalue weighted by atomic mass is 10.1. The third-order valence-electron chi connectivity index (χ3n) is 3.47. The number of hydrogen-bond donors (Lipinski definition) is 2. The van der Waals surface area contributed by atoms with E-state index >= 15 is 0 Å². The Morgan fingerprint density at radius 2 is 1.95 bits per heavy atom. The number of nitrogens with one attached hydrogen (secondary N) is 2. The van der Waals surface area contributed by atoms with Crippen molar-refractivity contribution in [3.8, 4) is 11.1 Å². The molecular weight excluding hydrogens is 264 g/mol. The zero-order valence-corrected chi connectivity index (χ0v) is 11.7. The number of carbonyl (C=O) groups is 1. The Labute approximate surface area is 124 Å². The zero-order valence-electron chi connectivity index (χ0n) is 11.7. The third kappa shape index (κ3) is 3.20. The SMILES string of the molecule is O=C(Nc1ccn[c]c1-c1ccccc1)N1CCNCC1. The molecule has 1 fully saturated rings. The maximum Gasteiger partial charge on any atom is 0.321 e. The maximum atomic E-state index is 12.3. The number of hydrogen-bond acceptors (Lipinski definition) is 3. The van der Waals surface area contributed by atoms with Crippen LogP contribution in [0.4, 0.5) is 10.5 Å². The predicted molar refractivity (Wildman–Crippen MR) is 82.0 cm³/mol. The summed E-state index contributed by atoms with van der Waals surface area (Å²) in [5.74, 6) is 0. The molecule has 1 saturated heterocycles. The normalized spacial score (nSPS) is 14.8. The first kappa shape index (κ1) is 13.6. The fourth-order valence-corrected chi connectivity index (χ4v) is 2.35. The van der Waals surface area contributed by atoms with Gasteiger partial charge in [-0.25, -0.2) is 4.79 Å². The van der Waals surface area contributed by atoms with Crippen LogP contribution in [0, 0.1) is 6.20 Å². The molecule has 0 spiro atoms. The summed E-state index contributed by atoms with van der Waals surface area (Å²) in [4.78, 5) is 18.2. The molecule has 1 aromatic heterocycles. The molecule has 5 nitrogen and oxygen atoms in total. The Bertz CT molecular complexity index is 609. The summed E-state index contributed by atoms with van der Waals surface area (Å²) in [6.45, 7) is 3.12. The van der Waals surface area contributed by atoms with Gasteiger partial charge in [-0.15, -0.1) is 0 Å². The fourth-order valence-electron chi connectivity index (χ4n) is 2.35. The minimum Gasteiger partial charge on any atom is -0.322 e. The lowest BCUT2D eigenvalue weighted by molar-refractivity contribution is 0.204. The van der Waals surface area contributed by atoms with Crippen LogP contribution in [-0.4, -0.2) is 42.1 Å². The third-order valence-corrected chi connectivity index (χ3v) is 3.47. The van der Waals surface area contributed by atoms with E-state index < -0.39 is 0 Å². The van der Waals surface area contributed by atoms with Crippen LogP contribution in [0.5, 0.6) is 0 Å². The number of nitrogens with zero attached hydrogens (tertiary/aromatic N) is 2. The molecule has 0 bridgehead atoms. The van der Waals surface area contributed by atoms with Crippen LogP contribution in [0.2, 0.25) is 0 Å². The van der Waals surface area contributed by atoms with Crippen LogP contribution in [0.15, 0.2) is 42.6 Å². The van der Waals surface area contributed by atoms with Crippen molar-refractivity contribution in [3.05, 3.63) is 48.8 Å². The van der Waals surface area contributed by atoms with Gasteiger partial charge in [-0.3, -0.25) is 4.98 Å². The number of pyridine rings is 1. The van der Waals surface area contributed by atoms with Crippen molar-refractivity contribution in [1.29, 1.82) is 0 Å². The van der Waals surface area contributed by atoms with Crippen molar-refractivity contribution >= 4 is 11.7 Å². The number of aromatic nitrogens is 1. The minimum absolute atomic E-state index is 0.0757. The summed E-state index contributed by atoms with van der Waals surface area (Å²) in [7, 11) is 0. The van der Waals surface area contributed by atoms with Crippen LogP contribution >= 0.6 is 0 Å². The summed E-state index contributed by atoms with van der Waals surface area (Å²) in [6, 6.07) is 11.6. The number of amides is 2. The fraction of sp³-hybridized carbons (Fsp3) is 0.250. The number of piperazine rings is 1. The molecule has 5 heteroatoms. The molecule has 2 amide bonds. The molecule has 1 aliphatic heterocycles. The summed E-state index contributed by atoms with van der Waals surface area (Å²) in [5.41, 5.74) is 2.53. The van der Waals surface area contributed by atoms with Gasteiger partial charge >= 0.3 is 6.03 Å². The van der Waals surface area contributed by atoms with E-state index in [9.17, 15) is 4.79 Å². The molecule has 2 heterocycles. The number of anilines is 1. The molecule has 21 heavy (non-hydrogen) atoms. The molecule has 1 aliphatic rings. The number of rotatable bonds is 2. The standard InChI is InChI=1S/C16H17N4O/c21-16(20-10-8-17-9-11-20)19-15-6-7-18-12-14(15)13-4-2-1-3-5-13/h1-7,17H,8-11H2,(H,18,19,21). The smallest absolute Gasteiger partial charge is 0.321 e. The van der Waals surface area contributed by atoms with Crippen molar-refractivity contribution in [2.75, 3.05) is 31.5 Å². The molecule has 3 rings (SSSR count). The number of carbonyl (C=O) groups excluding carboxylic acids is 1. The van der Waals surface area contributed by atoms with Crippen LogP contribution in [0.25, 0.3) is 11.1 Å². The van der Waals surface area contributed by atoms with E-state index in [0.29, 0.717) is 0 Å². The molecule has 1 aromatic carbocycles. The molecule has 1 radical (unpaired) electrons. The topological polar surface area (TPSA) is 57.3 Å². The van der Waals surface area contributed by atoms with Gasteiger partial charge in [-0.05, 0) is 11.6 Å². The van der Waals surface area contributed by atoms with Crippen molar-refractivity contribution in [2.24, 2.45) is 0 Å². The Morgan fingerprint density at radius 1 is 1.19 bits per heavy atom. The van der Waals surface area contributed by atoms with E-state index in [0.717, 1.165) is 43.0 Å². The van der Waals surface area contributed by atoms with Gasteiger partial charge in [0.1, 0.15) is 0 Å². The van der Waals surface area contributed by atoms with E-state index in [1.165, 1.54) is 0 Å². The lowest BCUT2D eigenvalue weighted by Gasteiger charge is -2.27. The van der Waals surface area contributed by atoms with E-state index in [-0.39, 0.29) is 6.03 Å². The van der Waals surface area contributed by atoms with Gasteiger partial charge in [0, 0.05) is 37.9 Å². The molecule has 0 saturated carbocycles. The van der Waals surface area contributed by atoms with Gasteiger partial charge in [0.2, 0.25) is 0 Å². The molecular formula is C16H17N4O. The van der Waals surface area contributed by atoms with Gasteiger partial charge in [0.05, 0.1) is 11.9 Å². The first-order chi connectivity index (χ1) is 10.3. The highest BCUT2D eigenvalue weighted by atomic mass is 16.2. The maximum absolute atomic E-state index is 12.3. The largest absolute Gasteiger partial charge is 0.322 e. The van der Waals surface area contributed by atoms with E-state index in [4.69, 9.17) is 0 Å². The first-order valence-electron chi connectivity index (χ1n) is 7.03. The highest BCUT2D eigenvalue weighted by Crippen LogP contribution is 2.26. The molecule has 107 valence electrons. The van der Waals surface area contributed by atoms with Crippen LogP contribution in [0.1, 0.15) is 0 Å². The lowest BCUT2D eigenvalue weighted by Crippen LogP contribution is -2.48. The van der Waals surface area contributed by atoms with Gasteiger partial charge in [0.25, 0.3) is 0 Å². The van der Waals surface area contributed by atoms with Gasteiger partial charge in [-0.1, -0.05) is 30.3 Å². The quantitative estimate of drug-likeness (QED) is 0.885. The van der Waals surface area contributed by atoms with Crippen molar-refractivity contribution in [3.63, 3.8) is 0 Å². The van der Waals surface area contributed by atoms with Gasteiger partial charge in [0.15, 0.2) is 0 Å². The Kier molecular flexibility index (Phi) is 4.12. The number of urea groups is 1. The summed E-state index contributed by atoms with van der Waals surface area (Å²) >= 11 is 0. The van der Waals surface area contributed by atoms with E-state index in [2.05, 4.69) is 21.8 Å². The highest BCUT2D eigenvalue weighted by molar-refractivity contribution is 5.94. The average molecular weight is 281 g/mol. The van der Waals surface area contributed by atoms with Crippen molar-refractivity contribution in [2.45, 2.75) is 0 Å². The second-order valence-corrected chi connectivity index (χ2v) is 4.88. The van der Waals surface area contributed by atoms with Crippen LogP contribution < -0.4 is 10.6 Å². The van der Waals surface area contributed by atoms with E-state index in [1.54, 1.807) is 12.3 Å². The summed E-state index contributed by atoms with van der Waals surface area (Å²) in [6.07, 6.45) is 4.60. The second-order valence-electron chi connectivity index (χ2n) is 4.88.